The minimum absolute atomic E-state index is 0.131. The highest BCUT2D eigenvalue weighted by Crippen LogP contribution is 2.21. The van der Waals surface area contributed by atoms with Gasteiger partial charge in [-0.15, -0.1) is 11.8 Å². The number of carboxylic acids is 2. The van der Waals surface area contributed by atoms with E-state index in [0.717, 1.165) is 6.54 Å². The number of hydrogen-bond donors (Lipinski definition) is 3. The predicted molar refractivity (Wildman–Crippen MR) is 89.6 cm³/mol. The molecule has 0 spiro atoms. The number of aliphatic carboxylic acids is 2. The van der Waals surface area contributed by atoms with Crippen LogP contribution in [-0.4, -0.2) is 44.2 Å². The van der Waals surface area contributed by atoms with Crippen molar-refractivity contribution in [1.82, 2.24) is 9.78 Å². The third-order valence-electron chi connectivity index (χ3n) is 2.68. The van der Waals surface area contributed by atoms with Gasteiger partial charge in [0.25, 0.3) is 0 Å². The van der Waals surface area contributed by atoms with Crippen LogP contribution in [0.1, 0.15) is 6.92 Å². The molecule has 1 aromatic heterocycles. The fourth-order valence-corrected chi connectivity index (χ4v) is 2.17. The molecule has 0 radical (unpaired) electrons. The number of carboxylic acid groups (broad SMARTS) is 2. The summed E-state index contributed by atoms with van der Waals surface area (Å²) in [4.78, 5) is 20.4. The minimum Gasteiger partial charge on any atom is -0.478 e. The first-order valence-corrected chi connectivity index (χ1v) is 7.95. The van der Waals surface area contributed by atoms with E-state index in [2.05, 4.69) is 29.6 Å². The second kappa shape index (κ2) is 8.96. The smallest absolute Gasteiger partial charge is 0.328 e. The summed E-state index contributed by atoms with van der Waals surface area (Å²) >= 11 is 1.74. The van der Waals surface area contributed by atoms with Crippen LogP contribution in [0.3, 0.4) is 0 Å². The molecule has 0 fully saturated rings. The van der Waals surface area contributed by atoms with Crippen LogP contribution in [0.2, 0.25) is 0 Å². The molecule has 0 saturated heterocycles. The van der Waals surface area contributed by atoms with Crippen LogP contribution >= 0.6 is 11.8 Å². The number of rotatable bonds is 5. The molecule has 0 saturated carbocycles. The van der Waals surface area contributed by atoms with E-state index >= 15 is 0 Å². The Labute approximate surface area is 137 Å². The number of fused-ring (bicyclic) bond motifs is 1. The molecule has 1 aromatic carbocycles. The zero-order chi connectivity index (χ0) is 17.4. The van der Waals surface area contributed by atoms with Gasteiger partial charge in [0.1, 0.15) is 0 Å². The summed E-state index contributed by atoms with van der Waals surface area (Å²) < 4.78 is 1.97. The molecule has 4 N–H and O–H groups in total. The molecule has 0 aliphatic heterocycles. The second-order valence-electron chi connectivity index (χ2n) is 4.74. The van der Waals surface area contributed by atoms with Gasteiger partial charge >= 0.3 is 11.9 Å². The van der Waals surface area contributed by atoms with Crippen LogP contribution in [0.5, 0.6) is 0 Å². The highest BCUT2D eigenvalue weighted by molar-refractivity contribution is 7.98. The maximum absolute atomic E-state index is 9.55. The van der Waals surface area contributed by atoms with E-state index in [1.807, 2.05) is 17.8 Å². The third kappa shape index (κ3) is 6.54. The number of carbonyl (C=O) groups is 2. The Morgan fingerprint density at radius 1 is 1.35 bits per heavy atom. The van der Waals surface area contributed by atoms with E-state index in [1.165, 1.54) is 15.8 Å². The monoisotopic (exact) mass is 337 g/mol. The zero-order valence-electron chi connectivity index (χ0n) is 12.8. The Kier molecular flexibility index (Phi) is 7.30. The van der Waals surface area contributed by atoms with Gasteiger partial charge < -0.3 is 15.9 Å². The lowest BCUT2D eigenvalue weighted by Gasteiger charge is -2.07. The third-order valence-corrected chi connectivity index (χ3v) is 3.41. The van der Waals surface area contributed by atoms with Crippen molar-refractivity contribution in [2.24, 2.45) is 5.73 Å². The van der Waals surface area contributed by atoms with E-state index in [1.54, 1.807) is 11.8 Å². The first kappa shape index (κ1) is 18.7. The number of thioether (sulfide) groups is 1. The summed E-state index contributed by atoms with van der Waals surface area (Å²) in [5, 5.41) is 21.1. The van der Waals surface area contributed by atoms with Crippen molar-refractivity contribution in [3.05, 3.63) is 36.5 Å². The lowest BCUT2D eigenvalue weighted by atomic mass is 10.2. The summed E-state index contributed by atoms with van der Waals surface area (Å²) in [7, 11) is 0. The van der Waals surface area contributed by atoms with Gasteiger partial charge in [0.15, 0.2) is 0 Å². The first-order chi connectivity index (χ1) is 10.8. The van der Waals surface area contributed by atoms with Crippen molar-refractivity contribution in [1.29, 1.82) is 0 Å². The first-order valence-electron chi connectivity index (χ1n) is 6.72. The molecule has 124 valence electrons. The van der Waals surface area contributed by atoms with E-state index in [0.29, 0.717) is 12.2 Å². The summed E-state index contributed by atoms with van der Waals surface area (Å²) in [5.74, 6) is -2.51. The van der Waals surface area contributed by atoms with Crippen molar-refractivity contribution in [3.63, 3.8) is 0 Å². The minimum atomic E-state index is -1.26. The summed E-state index contributed by atoms with van der Waals surface area (Å²) in [5.41, 5.74) is 6.95. The standard InChI is InChI=1S/C11H15N3S.C4H4O4/c1-8(12)7-14-11-5-10(15-2)4-3-9(11)6-13-14;5-3(6)1-2-4(7)8/h3-6,8H,7,12H2,1-2H3;1-2H,(H,5,6)(H,7,8)/b;2-1+/t8-;/m0./s1. The Bertz CT molecular complexity index is 694. The van der Waals surface area contributed by atoms with Crippen LogP contribution in [0.15, 0.2) is 41.4 Å². The molecule has 8 heteroatoms. The average Bonchev–Trinajstić information content (AvgIpc) is 2.87. The molecule has 0 aliphatic carbocycles. The second-order valence-corrected chi connectivity index (χ2v) is 5.62. The maximum atomic E-state index is 9.55. The fraction of sp³-hybridized carbons (Fsp3) is 0.267. The molecule has 1 atom stereocenters. The molecule has 0 aliphatic rings. The molecule has 2 aromatic rings. The summed E-state index contributed by atoms with van der Waals surface area (Å²) in [6.45, 7) is 2.76. The van der Waals surface area contributed by atoms with Gasteiger partial charge in [-0.3, -0.25) is 4.68 Å². The maximum Gasteiger partial charge on any atom is 0.328 e. The van der Waals surface area contributed by atoms with Crippen molar-refractivity contribution in [2.75, 3.05) is 6.26 Å². The van der Waals surface area contributed by atoms with Crippen LogP contribution in [0, 0.1) is 0 Å². The Morgan fingerprint density at radius 3 is 2.43 bits per heavy atom. The molecular formula is C15H19N3O4S. The van der Waals surface area contributed by atoms with Crippen molar-refractivity contribution < 1.29 is 19.8 Å². The molecule has 0 amide bonds. The SMILES string of the molecule is CSc1ccc2cnn(C[C@H](C)N)c2c1.O=C(O)/C=C/C(=O)O. The number of benzene rings is 1. The largest absolute Gasteiger partial charge is 0.478 e. The molecule has 0 bridgehead atoms. The number of nitrogens with zero attached hydrogens (tertiary/aromatic N) is 2. The molecule has 2 rings (SSSR count). The highest BCUT2D eigenvalue weighted by Gasteiger charge is 2.05. The van der Waals surface area contributed by atoms with Gasteiger partial charge in [-0.2, -0.15) is 5.10 Å². The van der Waals surface area contributed by atoms with E-state index in [9.17, 15) is 9.59 Å². The molecule has 1 heterocycles. The Hall–Kier alpha value is -2.32. The van der Waals surface area contributed by atoms with Crippen LogP contribution in [0.4, 0.5) is 0 Å². The lowest BCUT2D eigenvalue weighted by Crippen LogP contribution is -2.22. The lowest BCUT2D eigenvalue weighted by molar-refractivity contribution is -0.134. The average molecular weight is 337 g/mol. The fourth-order valence-electron chi connectivity index (χ4n) is 1.74. The van der Waals surface area contributed by atoms with Crippen LogP contribution in [-0.2, 0) is 16.1 Å². The highest BCUT2D eigenvalue weighted by atomic mass is 32.2. The van der Waals surface area contributed by atoms with Crippen LogP contribution in [0.25, 0.3) is 10.9 Å². The topological polar surface area (TPSA) is 118 Å². The Morgan fingerprint density at radius 2 is 1.96 bits per heavy atom. The summed E-state index contributed by atoms with van der Waals surface area (Å²) in [6, 6.07) is 6.51. The van der Waals surface area contributed by atoms with Gasteiger partial charge in [-0.05, 0) is 25.3 Å². The van der Waals surface area contributed by atoms with Gasteiger partial charge in [0.05, 0.1) is 18.3 Å². The summed E-state index contributed by atoms with van der Waals surface area (Å²) in [6.07, 6.45) is 5.08. The Balaban J connectivity index is 0.000000284. The van der Waals surface area contributed by atoms with E-state index in [4.69, 9.17) is 15.9 Å². The number of nitrogens with two attached hydrogens (primary N) is 1. The van der Waals surface area contributed by atoms with Crippen LogP contribution < -0.4 is 5.73 Å². The van der Waals surface area contributed by atoms with Gasteiger partial charge in [-0.1, -0.05) is 6.07 Å². The molecule has 7 nitrogen and oxygen atoms in total. The van der Waals surface area contributed by atoms with E-state index < -0.39 is 11.9 Å². The van der Waals surface area contributed by atoms with Gasteiger partial charge in [-0.25, -0.2) is 9.59 Å². The van der Waals surface area contributed by atoms with Gasteiger partial charge in [0.2, 0.25) is 0 Å². The molecular weight excluding hydrogens is 318 g/mol. The van der Waals surface area contributed by atoms with Gasteiger partial charge in [0, 0.05) is 28.5 Å². The van der Waals surface area contributed by atoms with Crippen molar-refractivity contribution in [2.45, 2.75) is 24.4 Å². The van der Waals surface area contributed by atoms with Crippen molar-refractivity contribution >= 4 is 34.6 Å². The number of hydrogen-bond acceptors (Lipinski definition) is 5. The van der Waals surface area contributed by atoms with E-state index in [-0.39, 0.29) is 6.04 Å². The quantitative estimate of drug-likeness (QED) is 0.562. The van der Waals surface area contributed by atoms with Crippen molar-refractivity contribution in [3.8, 4) is 0 Å². The predicted octanol–water partition coefficient (Wildman–Crippen LogP) is 1.82. The molecule has 0 unspecified atom stereocenters. The number of aromatic nitrogens is 2. The molecule has 23 heavy (non-hydrogen) atoms. The normalized spacial score (nSPS) is 12.0. The zero-order valence-corrected chi connectivity index (χ0v) is 13.7.